The van der Waals surface area contributed by atoms with Crippen LogP contribution in [0.1, 0.15) is 156 Å². The Morgan fingerprint density at radius 2 is 1.15 bits per heavy atom. The van der Waals surface area contributed by atoms with Gasteiger partial charge in [-0.15, -0.1) is 0 Å². The quantitative estimate of drug-likeness (QED) is 0.0223. The summed E-state index contributed by atoms with van der Waals surface area (Å²) in [6.45, 7) is 4.35. The fraction of sp³-hybridized carbons (Fsp3) is 0.600. The molecule has 113 heavy (non-hydrogen) atoms. The maximum Gasteiger partial charge on any atom is 0.335 e. The van der Waals surface area contributed by atoms with E-state index in [0.29, 0.717) is 34.2 Å². The number of cyclic esters (lactones) is 1. The van der Waals surface area contributed by atoms with Gasteiger partial charge in [0.25, 0.3) is 0 Å². The summed E-state index contributed by atoms with van der Waals surface area (Å²) >= 11 is 0. The first-order chi connectivity index (χ1) is 53.2. The van der Waals surface area contributed by atoms with Gasteiger partial charge in [-0.1, -0.05) is 77.5 Å². The summed E-state index contributed by atoms with van der Waals surface area (Å²) in [5.41, 5.74) is 17.8. The average Bonchev–Trinajstić information content (AvgIpc) is 1.81. The number of esters is 1. The maximum atomic E-state index is 14.9. The van der Waals surface area contributed by atoms with Crippen LogP contribution in [0.4, 0.5) is 0 Å². The summed E-state index contributed by atoms with van der Waals surface area (Å²) in [5, 5.41) is 76.8. The Balaban J connectivity index is 2.23. The standard InChI is InChI=1S/C70H105N17O26/c1-7-8-9-10-11-12-13-21-49(90)77-43(27-37-31-74-39-19-15-14-18-38(37)39)63(104)80-41(22-24-52(93)94)60(101)83-45(29-48(73)89)66(107)85-56-36(5)113-70(112)55(34(2)3)84-62(103)42(23-25-53(95)96)81-64(105)44(28-47(72)88)78-50(91)32-75-67(108)57(58(99)69(110)111)86-61(102)40(20-16-17-26-71)79-65(106)46(30-54(97)98)82-59(100)35(4)76-51(92)33-87(6)68(56)109/h14-15,18-19,31,34-36,40-46,55-58,74,99H,7-13,16-17,20-30,32-33,71H2,1-6H3,(H2,72,88)(H2,73,89)(H,75,108)(H,76,92)(H,77,90)(H,78,91)(H,79,106)(H,80,104)(H,81,105)(H,82,100)(H,83,101)(H,84,103)(H,85,107)(H,86,102)(H,93,94)(H,95,96)(H,97,98)(H,110,111). The summed E-state index contributed by atoms with van der Waals surface area (Å²) in [6.07, 6.45) is -4.26. The molecule has 24 N–H and O–H groups in total. The first-order valence-corrected chi connectivity index (χ1v) is 36.6. The number of aliphatic hydroxyl groups excluding tert-OH is 1. The van der Waals surface area contributed by atoms with Crippen LogP contribution in [0, 0.1) is 5.92 Å². The summed E-state index contributed by atoms with van der Waals surface area (Å²) < 4.78 is 5.71. The van der Waals surface area contributed by atoms with Gasteiger partial charge in [0.2, 0.25) is 88.6 Å². The normalized spacial score (nSPS) is 21.5. The van der Waals surface area contributed by atoms with Crippen molar-refractivity contribution in [2.24, 2.45) is 23.1 Å². The highest BCUT2D eigenvalue weighted by Gasteiger charge is 2.42. The van der Waals surface area contributed by atoms with E-state index >= 15 is 0 Å². The zero-order valence-electron chi connectivity index (χ0n) is 63.5. The molecule has 1 aliphatic heterocycles. The molecule has 3 rings (SSSR count). The van der Waals surface area contributed by atoms with Crippen LogP contribution in [0.15, 0.2) is 30.5 Å². The second kappa shape index (κ2) is 48.0. The molecule has 1 aliphatic rings. The Bertz CT molecular complexity index is 3760. The fourth-order valence-corrected chi connectivity index (χ4v) is 11.5. The van der Waals surface area contributed by atoms with Crippen molar-refractivity contribution in [3.8, 4) is 0 Å². The lowest BCUT2D eigenvalue weighted by Crippen LogP contribution is -2.62. The number of aromatic nitrogens is 1. The minimum atomic E-state index is -2.83. The molecule has 0 spiro atoms. The molecule has 1 aromatic heterocycles. The van der Waals surface area contributed by atoms with Crippen LogP contribution in [-0.2, 0) is 107 Å². The molecule has 15 amide bonds. The molecule has 13 atom stereocenters. The molecular weight excluding hydrogens is 1490 g/mol. The first kappa shape index (κ1) is 95.3. The van der Waals surface area contributed by atoms with Crippen molar-refractivity contribution in [3.63, 3.8) is 0 Å². The van der Waals surface area contributed by atoms with Gasteiger partial charge in [0.1, 0.15) is 72.6 Å². The SMILES string of the molecule is CCCCCCCCCC(=O)NC(Cc1c[nH]c2ccccc12)C(=O)NC(CCC(=O)O)C(=O)NC(CC(N)=O)C(=O)NC1C(=O)N(C)CC(=O)NC(C)C(=O)NC(CC(=O)O)C(=O)NC(CCCCN)C(=O)NC(C(O)C(=O)O)C(=O)NCC(=O)NC(CC(N)=O)C(=O)NC(CCC(=O)O)C(=O)NC(C(C)C)C(=O)OC1C. The van der Waals surface area contributed by atoms with Crippen molar-refractivity contribution < 1.29 is 126 Å². The highest BCUT2D eigenvalue weighted by atomic mass is 16.5. The minimum absolute atomic E-state index is 0.00359. The lowest BCUT2D eigenvalue weighted by atomic mass is 10.0. The van der Waals surface area contributed by atoms with E-state index in [2.05, 4.69) is 59.8 Å². The largest absolute Gasteiger partial charge is 0.481 e. The molecule has 1 saturated heterocycles. The Labute approximate surface area is 648 Å². The van der Waals surface area contributed by atoms with E-state index in [-0.39, 0.29) is 32.2 Å². The molecule has 0 radical (unpaired) electrons. The molecule has 2 heterocycles. The van der Waals surface area contributed by atoms with E-state index in [4.69, 9.17) is 21.9 Å². The topological polar surface area (TPSA) is 693 Å². The number of hydrogen-bond acceptors (Lipinski definition) is 23. The third kappa shape index (κ3) is 33.7. The number of rotatable bonds is 36. The average molecular weight is 1600 g/mol. The number of H-pyrrole nitrogens is 1. The molecule has 626 valence electrons. The molecule has 43 nitrogen and oxygen atoms in total. The van der Waals surface area contributed by atoms with Crippen LogP contribution < -0.4 is 81.0 Å². The molecule has 43 heteroatoms. The van der Waals surface area contributed by atoms with Crippen molar-refractivity contribution in [1.29, 1.82) is 0 Å². The molecular formula is C70H105N17O26. The number of fused-ring (bicyclic) bond motifs is 1. The number of hydrogen-bond donors (Lipinski definition) is 21. The highest BCUT2D eigenvalue weighted by Crippen LogP contribution is 2.21. The van der Waals surface area contributed by atoms with Gasteiger partial charge < -0.3 is 121 Å². The Hall–Kier alpha value is -11.9. The van der Waals surface area contributed by atoms with E-state index < -0.39 is 267 Å². The minimum Gasteiger partial charge on any atom is -0.481 e. The van der Waals surface area contributed by atoms with Gasteiger partial charge in [0.15, 0.2) is 6.10 Å². The van der Waals surface area contributed by atoms with Crippen LogP contribution in [0.2, 0.25) is 0 Å². The predicted octanol–water partition coefficient (Wildman–Crippen LogP) is -6.09. The van der Waals surface area contributed by atoms with Gasteiger partial charge in [-0.05, 0) is 76.5 Å². The number of ether oxygens (including phenoxy) is 1. The summed E-state index contributed by atoms with van der Waals surface area (Å²) in [7, 11) is 0.930. The number of aliphatic hydroxyl groups is 1. The number of aliphatic carboxylic acids is 4. The molecule has 1 aromatic carbocycles. The van der Waals surface area contributed by atoms with Gasteiger partial charge >= 0.3 is 29.8 Å². The molecule has 0 saturated carbocycles. The molecule has 0 aliphatic carbocycles. The van der Waals surface area contributed by atoms with Gasteiger partial charge in [-0.3, -0.25) is 86.3 Å². The van der Waals surface area contributed by atoms with Crippen LogP contribution in [0.3, 0.4) is 0 Å². The maximum absolute atomic E-state index is 14.9. The third-order valence-corrected chi connectivity index (χ3v) is 17.7. The summed E-state index contributed by atoms with van der Waals surface area (Å²) in [5.74, 6) is -29.0. The summed E-state index contributed by atoms with van der Waals surface area (Å²) in [6, 6.07) is -15.1. The van der Waals surface area contributed by atoms with Crippen molar-refractivity contribution in [2.45, 2.75) is 235 Å². The number of carbonyl (C=O) groups excluding carboxylic acids is 16. The lowest BCUT2D eigenvalue weighted by Gasteiger charge is -2.32. The van der Waals surface area contributed by atoms with Gasteiger partial charge in [-0.25, -0.2) is 9.59 Å². The van der Waals surface area contributed by atoms with Gasteiger partial charge in [0, 0.05) is 49.8 Å². The number of benzene rings is 1. The number of primary amides is 2. The number of unbranched alkanes of at least 4 members (excludes halogenated alkanes) is 7. The number of nitrogens with zero attached hydrogens (tertiary/aromatic N) is 1. The van der Waals surface area contributed by atoms with Crippen molar-refractivity contribution in [1.82, 2.24) is 73.7 Å². The smallest absolute Gasteiger partial charge is 0.335 e. The zero-order valence-corrected chi connectivity index (χ0v) is 63.5. The number of para-hydroxylation sites is 1. The van der Waals surface area contributed by atoms with Crippen molar-refractivity contribution in [3.05, 3.63) is 36.0 Å². The van der Waals surface area contributed by atoms with E-state index in [0.717, 1.165) is 53.0 Å². The molecule has 13 unspecified atom stereocenters. The lowest BCUT2D eigenvalue weighted by molar-refractivity contribution is -0.159. The highest BCUT2D eigenvalue weighted by molar-refractivity contribution is 6.02. The first-order valence-electron chi connectivity index (χ1n) is 36.6. The number of carboxylic acid groups (broad SMARTS) is 4. The predicted molar refractivity (Wildman–Crippen MR) is 393 cm³/mol. The zero-order chi connectivity index (χ0) is 84.9. The Morgan fingerprint density at radius 3 is 1.73 bits per heavy atom. The van der Waals surface area contributed by atoms with E-state index in [1.165, 1.54) is 13.8 Å². The van der Waals surface area contributed by atoms with Gasteiger partial charge in [-0.2, -0.15) is 0 Å². The van der Waals surface area contributed by atoms with Crippen LogP contribution in [0.25, 0.3) is 10.9 Å². The van der Waals surface area contributed by atoms with Crippen LogP contribution in [0.5, 0.6) is 0 Å². The number of amides is 15. The Morgan fingerprint density at radius 1 is 0.584 bits per heavy atom. The van der Waals surface area contributed by atoms with Crippen LogP contribution in [-0.4, -0.2) is 259 Å². The van der Waals surface area contributed by atoms with Crippen molar-refractivity contribution >= 4 is 129 Å². The second-order valence-electron chi connectivity index (χ2n) is 27.4. The second-order valence-corrected chi connectivity index (χ2v) is 27.4. The third-order valence-electron chi connectivity index (χ3n) is 17.7. The molecule has 1 fully saturated rings. The number of aromatic amines is 1. The molecule has 2 aromatic rings. The van der Waals surface area contributed by atoms with Crippen molar-refractivity contribution in [2.75, 3.05) is 26.7 Å². The van der Waals surface area contributed by atoms with Gasteiger partial charge in [0.05, 0.1) is 32.4 Å². The summed E-state index contributed by atoms with van der Waals surface area (Å²) in [4.78, 5) is 275. The number of likely N-dealkylation sites (N-methyl/N-ethyl adjacent to an activating group) is 1. The van der Waals surface area contributed by atoms with E-state index in [1.807, 2.05) is 16.0 Å². The van der Waals surface area contributed by atoms with E-state index in [1.54, 1.807) is 30.5 Å². The fourth-order valence-electron chi connectivity index (χ4n) is 11.5. The number of nitrogens with one attached hydrogen (secondary N) is 13. The van der Waals surface area contributed by atoms with E-state index in [9.17, 15) is 121 Å². The van der Waals surface area contributed by atoms with Crippen LogP contribution >= 0.6 is 0 Å². The molecule has 0 bridgehead atoms. The number of carboxylic acids is 4. The monoisotopic (exact) mass is 1600 g/mol. The number of carbonyl (C=O) groups is 20. The Kier molecular flexibility index (Phi) is 40.5. The number of nitrogens with two attached hydrogens (primary N) is 3.